The monoisotopic (exact) mass is 212 g/mol. The van der Waals surface area contributed by atoms with E-state index in [9.17, 15) is 0 Å². The Hall–Kier alpha value is -1.26. The van der Waals surface area contributed by atoms with Crippen molar-refractivity contribution in [1.29, 1.82) is 0 Å². The zero-order valence-electron chi connectivity index (χ0n) is 9.06. The van der Waals surface area contributed by atoms with Gasteiger partial charge in [0, 0.05) is 7.11 Å². The second-order valence-electron chi connectivity index (χ2n) is 2.81. The van der Waals surface area contributed by atoms with E-state index in [0.717, 1.165) is 0 Å². The van der Waals surface area contributed by atoms with E-state index >= 15 is 0 Å². The molecule has 0 atom stereocenters. The molecule has 0 aromatic heterocycles. The molecule has 0 aliphatic rings. The highest BCUT2D eigenvalue weighted by Gasteiger charge is 2.01. The molecule has 0 saturated carbocycles. The molecule has 0 radical (unpaired) electrons. The zero-order chi connectivity index (χ0) is 10.9. The number of rotatable bonds is 7. The Bertz CT molecular complexity index is 275. The van der Waals surface area contributed by atoms with Gasteiger partial charge in [-0.3, -0.25) is 0 Å². The molecule has 15 heavy (non-hydrogen) atoms. The first-order valence-corrected chi connectivity index (χ1v) is 4.71. The van der Waals surface area contributed by atoms with E-state index < -0.39 is 0 Å². The van der Waals surface area contributed by atoms with Gasteiger partial charge in [0.15, 0.2) is 18.3 Å². The second kappa shape index (κ2) is 7.09. The van der Waals surface area contributed by atoms with Crippen molar-refractivity contribution in [3.63, 3.8) is 0 Å². The first-order chi connectivity index (χ1) is 7.38. The lowest BCUT2D eigenvalue weighted by Gasteiger charge is -2.10. The highest BCUT2D eigenvalue weighted by molar-refractivity contribution is 5.39. The number of methoxy groups -OCH3 is 2. The molecule has 0 unspecified atom stereocenters. The summed E-state index contributed by atoms with van der Waals surface area (Å²) in [5, 5.41) is 0. The molecule has 0 amide bonds. The van der Waals surface area contributed by atoms with Crippen molar-refractivity contribution in [2.24, 2.45) is 0 Å². The molecule has 4 heteroatoms. The Morgan fingerprint density at radius 1 is 1.00 bits per heavy atom. The van der Waals surface area contributed by atoms with E-state index in [-0.39, 0.29) is 6.79 Å². The van der Waals surface area contributed by atoms with Crippen LogP contribution in [-0.2, 0) is 9.47 Å². The Morgan fingerprint density at radius 3 is 2.40 bits per heavy atom. The van der Waals surface area contributed by atoms with Crippen molar-refractivity contribution in [1.82, 2.24) is 0 Å². The van der Waals surface area contributed by atoms with Gasteiger partial charge < -0.3 is 18.9 Å². The minimum atomic E-state index is 0.198. The van der Waals surface area contributed by atoms with Crippen LogP contribution in [0.15, 0.2) is 24.3 Å². The van der Waals surface area contributed by atoms with Crippen molar-refractivity contribution in [3.05, 3.63) is 24.3 Å². The Morgan fingerprint density at radius 2 is 1.73 bits per heavy atom. The van der Waals surface area contributed by atoms with Gasteiger partial charge in [-0.05, 0) is 12.1 Å². The average Bonchev–Trinajstić information content (AvgIpc) is 2.29. The van der Waals surface area contributed by atoms with Crippen LogP contribution in [0.1, 0.15) is 0 Å². The van der Waals surface area contributed by atoms with Crippen LogP contribution < -0.4 is 9.47 Å². The van der Waals surface area contributed by atoms with Crippen LogP contribution in [0.5, 0.6) is 11.5 Å². The fraction of sp³-hybridized carbons (Fsp3) is 0.455. The fourth-order valence-electron chi connectivity index (χ4n) is 1.04. The smallest absolute Gasteiger partial charge is 0.189 e. The molecule has 0 bridgehead atoms. The molecule has 84 valence electrons. The first kappa shape index (κ1) is 11.8. The summed E-state index contributed by atoms with van der Waals surface area (Å²) in [6.45, 7) is 1.28. The molecule has 0 aliphatic carbocycles. The molecule has 1 aromatic rings. The average molecular weight is 212 g/mol. The number of hydrogen-bond donors (Lipinski definition) is 0. The molecule has 1 rings (SSSR count). The Labute approximate surface area is 89.7 Å². The van der Waals surface area contributed by atoms with E-state index in [1.54, 1.807) is 14.2 Å². The summed E-state index contributed by atoms with van der Waals surface area (Å²) in [4.78, 5) is 0. The first-order valence-electron chi connectivity index (χ1n) is 4.71. The van der Waals surface area contributed by atoms with Gasteiger partial charge in [-0.2, -0.15) is 0 Å². The third-order valence-electron chi connectivity index (χ3n) is 1.80. The van der Waals surface area contributed by atoms with E-state index in [1.807, 2.05) is 24.3 Å². The lowest BCUT2D eigenvalue weighted by molar-refractivity contribution is -0.00944. The zero-order valence-corrected chi connectivity index (χ0v) is 9.06. The summed E-state index contributed by atoms with van der Waals surface area (Å²) in [5.74, 6) is 1.38. The summed E-state index contributed by atoms with van der Waals surface area (Å²) in [6, 6.07) is 7.44. The van der Waals surface area contributed by atoms with Gasteiger partial charge in [-0.15, -0.1) is 0 Å². The van der Waals surface area contributed by atoms with Gasteiger partial charge in [-0.1, -0.05) is 12.1 Å². The minimum Gasteiger partial charge on any atom is -0.493 e. The predicted octanol–water partition coefficient (Wildman–Crippen LogP) is 1.69. The van der Waals surface area contributed by atoms with Crippen LogP contribution in [0.3, 0.4) is 0 Å². The maximum absolute atomic E-state index is 5.37. The summed E-state index contributed by atoms with van der Waals surface area (Å²) < 4.78 is 20.5. The normalized spacial score (nSPS) is 10.0. The van der Waals surface area contributed by atoms with Crippen molar-refractivity contribution in [2.45, 2.75) is 0 Å². The minimum absolute atomic E-state index is 0.198. The summed E-state index contributed by atoms with van der Waals surface area (Å²) in [7, 11) is 3.23. The van der Waals surface area contributed by atoms with Gasteiger partial charge in [0.1, 0.15) is 0 Å². The molecule has 4 nitrogen and oxygen atoms in total. The summed E-state index contributed by atoms with van der Waals surface area (Å²) >= 11 is 0. The van der Waals surface area contributed by atoms with E-state index in [1.165, 1.54) is 0 Å². The predicted molar refractivity (Wildman–Crippen MR) is 56.3 cm³/mol. The third-order valence-corrected chi connectivity index (χ3v) is 1.80. The number of para-hydroxylation sites is 2. The number of hydrogen-bond acceptors (Lipinski definition) is 4. The lowest BCUT2D eigenvalue weighted by atomic mass is 10.3. The number of ether oxygens (including phenoxy) is 4. The molecule has 1 aromatic carbocycles. The van der Waals surface area contributed by atoms with E-state index in [2.05, 4.69) is 0 Å². The molecule has 0 spiro atoms. The van der Waals surface area contributed by atoms with Crippen LogP contribution in [0.25, 0.3) is 0 Å². The number of benzene rings is 1. The quantitative estimate of drug-likeness (QED) is 0.509. The van der Waals surface area contributed by atoms with Crippen LogP contribution in [-0.4, -0.2) is 34.2 Å². The van der Waals surface area contributed by atoms with Crippen molar-refractivity contribution in [2.75, 3.05) is 34.2 Å². The van der Waals surface area contributed by atoms with Crippen molar-refractivity contribution < 1.29 is 18.9 Å². The van der Waals surface area contributed by atoms with Crippen LogP contribution in [0.4, 0.5) is 0 Å². The molecule has 0 fully saturated rings. The SMILES string of the molecule is COCCOCOc1ccccc1OC. The van der Waals surface area contributed by atoms with Crippen molar-refractivity contribution >= 4 is 0 Å². The van der Waals surface area contributed by atoms with Crippen molar-refractivity contribution in [3.8, 4) is 11.5 Å². The van der Waals surface area contributed by atoms with Gasteiger partial charge in [0.05, 0.1) is 20.3 Å². The largest absolute Gasteiger partial charge is 0.493 e. The molecule has 0 heterocycles. The third kappa shape index (κ3) is 4.18. The van der Waals surface area contributed by atoms with Crippen LogP contribution in [0.2, 0.25) is 0 Å². The molecular formula is C11H16O4. The molecule has 0 saturated heterocycles. The van der Waals surface area contributed by atoms with E-state index in [4.69, 9.17) is 18.9 Å². The molecule has 0 aliphatic heterocycles. The summed E-state index contributed by atoms with van der Waals surface area (Å²) in [6.07, 6.45) is 0. The highest BCUT2D eigenvalue weighted by Crippen LogP contribution is 2.25. The van der Waals surface area contributed by atoms with Gasteiger partial charge >= 0.3 is 0 Å². The maximum atomic E-state index is 5.37. The Balaban J connectivity index is 2.30. The maximum Gasteiger partial charge on any atom is 0.189 e. The van der Waals surface area contributed by atoms with Crippen LogP contribution in [0, 0.1) is 0 Å². The van der Waals surface area contributed by atoms with Crippen LogP contribution >= 0.6 is 0 Å². The fourth-order valence-corrected chi connectivity index (χ4v) is 1.04. The van der Waals surface area contributed by atoms with Gasteiger partial charge in [0.2, 0.25) is 0 Å². The van der Waals surface area contributed by atoms with E-state index in [0.29, 0.717) is 24.7 Å². The topological polar surface area (TPSA) is 36.9 Å². The Kier molecular flexibility index (Phi) is 5.58. The summed E-state index contributed by atoms with van der Waals surface area (Å²) in [5.41, 5.74) is 0. The van der Waals surface area contributed by atoms with Gasteiger partial charge in [0.25, 0.3) is 0 Å². The van der Waals surface area contributed by atoms with Gasteiger partial charge in [-0.25, -0.2) is 0 Å². The highest BCUT2D eigenvalue weighted by atomic mass is 16.7. The lowest BCUT2D eigenvalue weighted by Crippen LogP contribution is -2.08. The standard InChI is InChI=1S/C11H16O4/c1-12-7-8-14-9-15-11-6-4-3-5-10(11)13-2/h3-6H,7-9H2,1-2H3. The molecule has 0 N–H and O–H groups in total. The molecular weight excluding hydrogens is 196 g/mol. The second-order valence-corrected chi connectivity index (χ2v) is 2.81.